The van der Waals surface area contributed by atoms with E-state index in [2.05, 4.69) is 0 Å². The zero-order chi connectivity index (χ0) is 23.6. The van der Waals surface area contributed by atoms with E-state index in [-0.39, 0.29) is 24.5 Å². The number of fused-ring (bicyclic) bond motifs is 1. The van der Waals surface area contributed by atoms with Crippen LogP contribution in [0.5, 0.6) is 17.2 Å². The van der Waals surface area contributed by atoms with Gasteiger partial charge in [-0.2, -0.15) is 0 Å². The van der Waals surface area contributed by atoms with Gasteiger partial charge in [0, 0.05) is 17.5 Å². The molecule has 0 aliphatic heterocycles. The molecule has 2 aromatic carbocycles. The maximum Gasteiger partial charge on any atom is 0.315 e. The lowest BCUT2D eigenvalue weighted by Crippen LogP contribution is -2.29. The molecule has 4 rings (SSSR count). The van der Waals surface area contributed by atoms with Crippen molar-refractivity contribution in [1.82, 2.24) is 0 Å². The minimum Gasteiger partial charge on any atom is -0.493 e. The number of carbonyl (C=O) groups excluding carboxylic acids is 2. The highest BCUT2D eigenvalue weighted by Gasteiger charge is 2.53. The van der Waals surface area contributed by atoms with E-state index in [0.717, 1.165) is 54.4 Å². The average molecular weight is 453 g/mol. The number of hydrogen-bond donors (Lipinski definition) is 0. The van der Waals surface area contributed by atoms with Crippen LogP contribution in [0.25, 0.3) is 11.1 Å². The summed E-state index contributed by atoms with van der Waals surface area (Å²) in [5.74, 6) is 1.57. The number of benzene rings is 2. The summed E-state index contributed by atoms with van der Waals surface area (Å²) in [5.41, 5.74) is 2.99. The van der Waals surface area contributed by atoms with Gasteiger partial charge in [0.15, 0.2) is 17.3 Å². The van der Waals surface area contributed by atoms with Crippen LogP contribution in [0.15, 0.2) is 30.3 Å². The normalized spacial score (nSPS) is 15.8. The number of carbonyl (C=O) groups is 2. The van der Waals surface area contributed by atoms with Gasteiger partial charge in [0.25, 0.3) is 0 Å². The fourth-order valence-corrected chi connectivity index (χ4v) is 4.39. The minimum absolute atomic E-state index is 0.0639. The average Bonchev–Trinajstić information content (AvgIpc) is 3.56. The SMILES string of the molecule is CCC(CC)OC(=O)C1(COc2c(-c3ccc4c(c3)CCC4=O)ccc(OC)c2OC)CC1. The fourth-order valence-electron chi connectivity index (χ4n) is 4.39. The van der Waals surface area contributed by atoms with E-state index in [1.54, 1.807) is 14.2 Å². The predicted molar refractivity (Wildman–Crippen MR) is 125 cm³/mol. The molecule has 2 aliphatic rings. The monoisotopic (exact) mass is 452 g/mol. The quantitative estimate of drug-likeness (QED) is 0.450. The molecule has 0 spiro atoms. The molecule has 0 heterocycles. The number of aryl methyl sites for hydroxylation is 1. The van der Waals surface area contributed by atoms with E-state index in [0.29, 0.717) is 23.7 Å². The van der Waals surface area contributed by atoms with Gasteiger partial charge in [-0.15, -0.1) is 0 Å². The molecular formula is C27H32O6. The number of hydrogen-bond acceptors (Lipinski definition) is 6. The summed E-state index contributed by atoms with van der Waals surface area (Å²) in [7, 11) is 3.15. The first-order chi connectivity index (χ1) is 16.0. The Morgan fingerprint density at radius 1 is 0.970 bits per heavy atom. The molecule has 0 bridgehead atoms. The number of methoxy groups -OCH3 is 2. The highest BCUT2D eigenvalue weighted by Crippen LogP contribution is 2.50. The van der Waals surface area contributed by atoms with E-state index in [4.69, 9.17) is 18.9 Å². The molecule has 1 fully saturated rings. The van der Waals surface area contributed by atoms with Gasteiger partial charge in [-0.25, -0.2) is 0 Å². The predicted octanol–water partition coefficient (Wildman–Crippen LogP) is 5.39. The van der Waals surface area contributed by atoms with Gasteiger partial charge in [-0.05, 0) is 55.4 Å². The van der Waals surface area contributed by atoms with Crippen molar-refractivity contribution in [3.05, 3.63) is 41.5 Å². The standard InChI is InChI=1S/C27H32O6/c1-5-19(6-2)33-26(29)27(13-14-27)16-32-24-21(10-12-23(30-3)25(24)31-4)18-7-9-20-17(15-18)8-11-22(20)28/h7,9-10,12,15,19H,5-6,8,11,13-14,16H2,1-4H3. The van der Waals surface area contributed by atoms with Gasteiger partial charge in [0.2, 0.25) is 5.75 Å². The molecule has 176 valence electrons. The Labute approximate surface area is 195 Å². The third-order valence-electron chi connectivity index (χ3n) is 6.80. The van der Waals surface area contributed by atoms with Crippen LogP contribution in [-0.4, -0.2) is 38.7 Å². The highest BCUT2D eigenvalue weighted by atomic mass is 16.6. The highest BCUT2D eigenvalue weighted by molar-refractivity contribution is 6.01. The Hall–Kier alpha value is -3.02. The molecule has 0 aromatic heterocycles. The summed E-state index contributed by atoms with van der Waals surface area (Å²) in [6, 6.07) is 9.63. The third kappa shape index (κ3) is 4.43. The Balaban J connectivity index is 1.65. The lowest BCUT2D eigenvalue weighted by Gasteiger charge is -2.22. The van der Waals surface area contributed by atoms with Gasteiger partial charge in [0.1, 0.15) is 18.1 Å². The second-order valence-corrected chi connectivity index (χ2v) is 8.89. The van der Waals surface area contributed by atoms with E-state index in [1.165, 1.54) is 0 Å². The molecule has 0 atom stereocenters. The topological polar surface area (TPSA) is 71.1 Å². The summed E-state index contributed by atoms with van der Waals surface area (Å²) in [6.45, 7) is 4.26. The number of esters is 1. The number of ketones is 1. The molecule has 6 nitrogen and oxygen atoms in total. The van der Waals surface area contributed by atoms with Crippen molar-refractivity contribution < 1.29 is 28.5 Å². The van der Waals surface area contributed by atoms with Gasteiger partial charge in [-0.3, -0.25) is 9.59 Å². The maximum absolute atomic E-state index is 12.9. The number of rotatable bonds is 10. The zero-order valence-electron chi connectivity index (χ0n) is 19.9. The van der Waals surface area contributed by atoms with Crippen molar-refractivity contribution in [2.24, 2.45) is 5.41 Å². The first-order valence-corrected chi connectivity index (χ1v) is 11.7. The molecule has 33 heavy (non-hydrogen) atoms. The van der Waals surface area contributed by atoms with Crippen LogP contribution in [0, 0.1) is 5.41 Å². The van der Waals surface area contributed by atoms with Gasteiger partial charge in [0.05, 0.1) is 14.2 Å². The van der Waals surface area contributed by atoms with Crippen molar-refractivity contribution >= 4 is 11.8 Å². The largest absolute Gasteiger partial charge is 0.493 e. The summed E-state index contributed by atoms with van der Waals surface area (Å²) in [6.07, 6.45) is 4.32. The molecule has 2 aromatic rings. The van der Waals surface area contributed by atoms with Crippen molar-refractivity contribution in [1.29, 1.82) is 0 Å². The first kappa shape index (κ1) is 23.1. The Morgan fingerprint density at radius 3 is 2.33 bits per heavy atom. The number of ether oxygens (including phenoxy) is 4. The maximum atomic E-state index is 12.9. The van der Waals surface area contributed by atoms with Crippen LogP contribution in [0.2, 0.25) is 0 Å². The Morgan fingerprint density at radius 2 is 1.70 bits per heavy atom. The molecule has 6 heteroatoms. The van der Waals surface area contributed by atoms with Crippen LogP contribution >= 0.6 is 0 Å². The molecule has 2 aliphatic carbocycles. The molecule has 0 saturated heterocycles. The summed E-state index contributed by atoms with van der Waals surface area (Å²) in [4.78, 5) is 24.9. The van der Waals surface area contributed by atoms with Crippen molar-refractivity contribution in [3.63, 3.8) is 0 Å². The number of Topliss-reactive ketones (excluding diaryl/α,β-unsaturated/α-hetero) is 1. The lowest BCUT2D eigenvalue weighted by atomic mass is 9.99. The molecule has 0 radical (unpaired) electrons. The van der Waals surface area contributed by atoms with E-state index >= 15 is 0 Å². The van der Waals surface area contributed by atoms with E-state index < -0.39 is 5.41 Å². The van der Waals surface area contributed by atoms with Crippen LogP contribution in [0.4, 0.5) is 0 Å². The summed E-state index contributed by atoms with van der Waals surface area (Å²) >= 11 is 0. The van der Waals surface area contributed by atoms with Crippen molar-refractivity contribution in [2.75, 3.05) is 20.8 Å². The summed E-state index contributed by atoms with van der Waals surface area (Å²) in [5, 5.41) is 0. The van der Waals surface area contributed by atoms with Crippen molar-refractivity contribution in [3.8, 4) is 28.4 Å². The first-order valence-electron chi connectivity index (χ1n) is 11.7. The second kappa shape index (κ2) is 9.46. The van der Waals surface area contributed by atoms with Gasteiger partial charge in [-0.1, -0.05) is 32.0 Å². The van der Waals surface area contributed by atoms with Crippen LogP contribution in [0.3, 0.4) is 0 Å². The summed E-state index contributed by atoms with van der Waals surface area (Å²) < 4.78 is 23.2. The molecule has 0 amide bonds. The Kier molecular flexibility index (Phi) is 6.63. The van der Waals surface area contributed by atoms with Gasteiger partial charge >= 0.3 is 5.97 Å². The van der Waals surface area contributed by atoms with Crippen LogP contribution in [0.1, 0.15) is 61.9 Å². The minimum atomic E-state index is -0.613. The third-order valence-corrected chi connectivity index (χ3v) is 6.80. The molecule has 0 N–H and O–H groups in total. The fraction of sp³-hybridized carbons (Fsp3) is 0.481. The molecule has 1 saturated carbocycles. The zero-order valence-corrected chi connectivity index (χ0v) is 19.9. The smallest absolute Gasteiger partial charge is 0.315 e. The second-order valence-electron chi connectivity index (χ2n) is 8.89. The van der Waals surface area contributed by atoms with Crippen molar-refractivity contribution in [2.45, 2.75) is 58.5 Å². The Bertz CT molecular complexity index is 1050. The lowest BCUT2D eigenvalue weighted by molar-refractivity contribution is -0.157. The molecular weight excluding hydrogens is 420 g/mol. The van der Waals surface area contributed by atoms with Crippen LogP contribution < -0.4 is 14.2 Å². The molecule has 0 unspecified atom stereocenters. The van der Waals surface area contributed by atoms with Gasteiger partial charge < -0.3 is 18.9 Å². The van der Waals surface area contributed by atoms with E-state index in [9.17, 15) is 9.59 Å². The van der Waals surface area contributed by atoms with E-state index in [1.807, 2.05) is 44.2 Å². The van der Waals surface area contributed by atoms with Crippen LogP contribution in [-0.2, 0) is 16.0 Å².